The molecule has 0 saturated carbocycles. The van der Waals surface area contributed by atoms with Gasteiger partial charge >= 0.3 is 5.97 Å². The van der Waals surface area contributed by atoms with Gasteiger partial charge in [0, 0.05) is 5.57 Å². The van der Waals surface area contributed by atoms with Crippen molar-refractivity contribution < 1.29 is 33.4 Å². The maximum atomic E-state index is 11.5. The van der Waals surface area contributed by atoms with E-state index in [1.807, 2.05) is 21.1 Å². The fraction of sp³-hybridized carbons (Fsp3) is 0.727. The molecule has 0 amide bonds. The smallest absolute Gasteiger partial charge is 0.333 e. The Morgan fingerprint density at radius 3 is 2.42 bits per heavy atom. The van der Waals surface area contributed by atoms with E-state index in [4.69, 9.17) is 9.62 Å². The van der Waals surface area contributed by atoms with E-state index in [-0.39, 0.29) is 24.9 Å². The standard InChI is InChI=1S/C11H22NO6P/c1-10(2)11(13)16-8-9-19(14,15)18-17-7-6-12(3,4)5/h1,6-9H2,2-5H3/p+1. The van der Waals surface area contributed by atoms with Gasteiger partial charge in [-0.3, -0.25) is 0 Å². The lowest BCUT2D eigenvalue weighted by Crippen LogP contribution is -2.37. The number of nitrogens with zero attached hydrogens (tertiary/aromatic N) is 1. The summed E-state index contributed by atoms with van der Waals surface area (Å²) in [7, 11) is 1.97. The van der Waals surface area contributed by atoms with Gasteiger partial charge in [-0.05, 0) is 6.92 Å². The summed E-state index contributed by atoms with van der Waals surface area (Å²) in [5.74, 6) is -0.606. The molecular formula is C11H23NO6P+. The van der Waals surface area contributed by atoms with Crippen LogP contribution in [0.25, 0.3) is 0 Å². The predicted molar refractivity (Wildman–Crippen MR) is 69.7 cm³/mol. The third-order valence-corrected chi connectivity index (χ3v) is 3.06. The van der Waals surface area contributed by atoms with Gasteiger partial charge in [0.15, 0.2) is 0 Å². The second-order valence-electron chi connectivity index (χ2n) is 5.19. The van der Waals surface area contributed by atoms with Crippen molar-refractivity contribution in [2.24, 2.45) is 0 Å². The van der Waals surface area contributed by atoms with E-state index < -0.39 is 13.9 Å². The van der Waals surface area contributed by atoms with Crippen LogP contribution in [0, 0.1) is 0 Å². The van der Waals surface area contributed by atoms with Gasteiger partial charge in [0.05, 0.1) is 21.1 Å². The number of carbonyl (C=O) groups is 1. The summed E-state index contributed by atoms with van der Waals surface area (Å²) >= 11 is 0. The molecule has 1 unspecified atom stereocenters. The van der Waals surface area contributed by atoms with E-state index in [0.29, 0.717) is 11.0 Å². The average molecular weight is 296 g/mol. The Balaban J connectivity index is 3.80. The summed E-state index contributed by atoms with van der Waals surface area (Å²) in [6, 6.07) is 0. The Bertz CT molecular complexity index is 313. The second-order valence-corrected chi connectivity index (χ2v) is 7.06. The number of hydrogen-bond donors (Lipinski definition) is 1. The molecule has 0 heterocycles. The Kier molecular flexibility index (Phi) is 7.66. The molecule has 0 aliphatic carbocycles. The molecule has 0 fully saturated rings. The predicted octanol–water partition coefficient (Wildman–Crippen LogP) is -0.125. The van der Waals surface area contributed by atoms with Gasteiger partial charge in [-0.2, -0.15) is 4.89 Å². The molecule has 7 nitrogen and oxygen atoms in total. The zero-order valence-electron chi connectivity index (χ0n) is 11.9. The van der Waals surface area contributed by atoms with Crippen molar-refractivity contribution in [2.45, 2.75) is 6.92 Å². The lowest BCUT2D eigenvalue weighted by molar-refractivity contribution is -0.871. The Hall–Kier alpha value is -0.560. The number of quaternary nitrogens is 1. The van der Waals surface area contributed by atoms with Crippen LogP contribution in [0.15, 0.2) is 12.2 Å². The first-order valence-corrected chi connectivity index (χ1v) is 7.56. The summed E-state index contributed by atoms with van der Waals surface area (Å²) in [5, 5.41) is 0. The molecule has 0 rings (SSSR count). The molecule has 1 atom stereocenters. The number of esters is 1. The van der Waals surface area contributed by atoms with Crippen molar-refractivity contribution in [3.05, 3.63) is 12.2 Å². The van der Waals surface area contributed by atoms with Crippen molar-refractivity contribution in [3.63, 3.8) is 0 Å². The fourth-order valence-electron chi connectivity index (χ4n) is 0.845. The molecule has 0 radical (unpaired) electrons. The molecule has 0 aromatic rings. The van der Waals surface area contributed by atoms with Crippen LogP contribution in [0.2, 0.25) is 0 Å². The van der Waals surface area contributed by atoms with Crippen molar-refractivity contribution in [1.29, 1.82) is 0 Å². The fourth-order valence-corrected chi connectivity index (χ4v) is 1.48. The molecule has 0 aromatic heterocycles. The third-order valence-electron chi connectivity index (χ3n) is 1.97. The molecule has 0 aliphatic heterocycles. The van der Waals surface area contributed by atoms with E-state index in [9.17, 15) is 14.6 Å². The Morgan fingerprint density at radius 1 is 1.37 bits per heavy atom. The highest BCUT2D eigenvalue weighted by atomic mass is 31.2. The monoisotopic (exact) mass is 296 g/mol. The van der Waals surface area contributed by atoms with Gasteiger partial charge in [0.1, 0.15) is 25.9 Å². The summed E-state index contributed by atoms with van der Waals surface area (Å²) in [6.07, 6.45) is -0.323. The minimum Gasteiger partial charge on any atom is -0.629 e. The van der Waals surface area contributed by atoms with Crippen LogP contribution in [-0.4, -0.2) is 62.4 Å². The normalized spacial score (nSPS) is 14.8. The quantitative estimate of drug-likeness (QED) is 0.121. The Labute approximate surface area is 114 Å². The third kappa shape index (κ3) is 11.0. The maximum Gasteiger partial charge on any atom is 0.333 e. The van der Waals surface area contributed by atoms with E-state index in [1.54, 1.807) is 0 Å². The Morgan fingerprint density at radius 2 is 1.95 bits per heavy atom. The first-order valence-electron chi connectivity index (χ1n) is 5.80. The average Bonchev–Trinajstić information content (AvgIpc) is 2.22. The van der Waals surface area contributed by atoms with Gasteiger partial charge in [-0.15, -0.1) is 0 Å². The highest BCUT2D eigenvalue weighted by Gasteiger charge is 2.28. The van der Waals surface area contributed by atoms with Crippen LogP contribution in [0.1, 0.15) is 6.92 Å². The van der Waals surface area contributed by atoms with Gasteiger partial charge in [-0.25, -0.2) is 9.69 Å². The number of likely N-dealkylation sites (N-methyl/N-ethyl adjacent to an activating group) is 1. The van der Waals surface area contributed by atoms with Crippen LogP contribution in [-0.2, 0) is 19.1 Å². The molecule has 0 saturated heterocycles. The summed E-state index contributed by atoms with van der Waals surface area (Å²) < 4.78 is 9.79. The number of carbonyl (C=O) groups excluding carboxylic acids is 1. The van der Waals surface area contributed by atoms with E-state index in [1.165, 1.54) is 6.92 Å². The van der Waals surface area contributed by atoms with Crippen molar-refractivity contribution in [1.82, 2.24) is 0 Å². The van der Waals surface area contributed by atoms with Crippen molar-refractivity contribution >= 4 is 13.9 Å². The summed E-state index contributed by atoms with van der Waals surface area (Å²) in [6.45, 7) is 5.48. The zero-order chi connectivity index (χ0) is 15.1. The molecule has 0 aliphatic rings. The molecule has 0 aromatic carbocycles. The highest BCUT2D eigenvalue weighted by molar-refractivity contribution is 7.58. The minimum atomic E-state index is -3.90. The van der Waals surface area contributed by atoms with Gasteiger partial charge in [0.2, 0.25) is 0 Å². The molecule has 112 valence electrons. The lowest BCUT2D eigenvalue weighted by atomic mass is 10.4. The topological polar surface area (TPSA) is 88.1 Å². The number of rotatable bonds is 9. The van der Waals surface area contributed by atoms with Crippen molar-refractivity contribution in [2.75, 3.05) is 47.1 Å². The molecule has 8 heteroatoms. The van der Waals surface area contributed by atoms with Crippen LogP contribution in [0.5, 0.6) is 0 Å². The van der Waals surface area contributed by atoms with Crippen LogP contribution in [0.3, 0.4) is 0 Å². The second kappa shape index (κ2) is 7.89. The molecular weight excluding hydrogens is 273 g/mol. The van der Waals surface area contributed by atoms with Gasteiger partial charge in [-0.1, -0.05) is 11.3 Å². The van der Waals surface area contributed by atoms with E-state index >= 15 is 0 Å². The molecule has 0 bridgehead atoms. The van der Waals surface area contributed by atoms with Crippen LogP contribution >= 0.6 is 7.94 Å². The van der Waals surface area contributed by atoms with E-state index in [2.05, 4.69) is 11.3 Å². The molecule has 0 spiro atoms. The molecule has 19 heavy (non-hydrogen) atoms. The summed E-state index contributed by atoms with van der Waals surface area (Å²) in [5.41, 5.74) is 0.230. The number of hydrogen-bond acceptors (Lipinski definition) is 6. The van der Waals surface area contributed by atoms with E-state index in [0.717, 1.165) is 0 Å². The van der Waals surface area contributed by atoms with Crippen molar-refractivity contribution in [3.8, 4) is 0 Å². The largest absolute Gasteiger partial charge is 0.629 e. The lowest BCUT2D eigenvalue weighted by Gasteiger charge is -2.24. The SMILES string of the molecule is C=C(C)C(=O)OCC[P+]([O-])(O)OOCC[N+](C)(C)C. The number of ether oxygens (including phenoxy) is 1. The summed E-state index contributed by atoms with van der Waals surface area (Å²) in [4.78, 5) is 36.6. The van der Waals surface area contributed by atoms with Crippen LogP contribution in [0.4, 0.5) is 0 Å². The van der Waals surface area contributed by atoms with Crippen LogP contribution < -0.4 is 4.89 Å². The van der Waals surface area contributed by atoms with Gasteiger partial charge in [0.25, 0.3) is 7.94 Å². The maximum absolute atomic E-state index is 11.5. The first kappa shape index (κ1) is 18.4. The van der Waals surface area contributed by atoms with Gasteiger partial charge < -0.3 is 14.1 Å². The first-order chi connectivity index (χ1) is 8.53. The highest BCUT2D eigenvalue weighted by Crippen LogP contribution is 2.45. The molecule has 1 N–H and O–H groups in total. The zero-order valence-corrected chi connectivity index (χ0v) is 12.8. The minimum absolute atomic E-state index is 0.194.